The molecule has 2 aromatic heterocycles. The lowest BCUT2D eigenvalue weighted by Crippen LogP contribution is -2.63. The van der Waals surface area contributed by atoms with Crippen LogP contribution in [0.1, 0.15) is 19.5 Å². The second kappa shape index (κ2) is 6.36. The molecule has 4 atom stereocenters. The molecule has 0 saturated carbocycles. The molecule has 0 spiro atoms. The van der Waals surface area contributed by atoms with Gasteiger partial charge in [0.15, 0.2) is 0 Å². The highest BCUT2D eigenvalue weighted by atomic mass is 32.2. The van der Waals surface area contributed by atoms with Crippen LogP contribution < -0.4 is 0 Å². The SMILES string of the molecule is C[C@@H](O)[C@H]1C(=O)N2C(C(=O)O)=C(SCCc3cn4ncsc4n3)[C@H](C)[C@H]12. The first-order valence-corrected chi connectivity index (χ1v) is 10.2. The Labute approximate surface area is 157 Å². The van der Waals surface area contributed by atoms with Crippen molar-refractivity contribution >= 4 is 39.9 Å². The second-order valence-corrected chi connectivity index (χ2v) is 8.52. The summed E-state index contributed by atoms with van der Waals surface area (Å²) in [5.41, 5.74) is 2.70. The first-order chi connectivity index (χ1) is 12.4. The van der Waals surface area contributed by atoms with Crippen molar-refractivity contribution in [3.05, 3.63) is 28.0 Å². The molecule has 2 aliphatic rings. The van der Waals surface area contributed by atoms with E-state index in [2.05, 4.69) is 10.1 Å². The Hall–Kier alpha value is -1.91. The van der Waals surface area contributed by atoms with E-state index in [9.17, 15) is 19.8 Å². The first kappa shape index (κ1) is 17.5. The van der Waals surface area contributed by atoms with E-state index in [0.29, 0.717) is 17.1 Å². The van der Waals surface area contributed by atoms with E-state index in [1.54, 1.807) is 16.9 Å². The molecule has 0 radical (unpaired) electrons. The summed E-state index contributed by atoms with van der Waals surface area (Å²) in [5, 5.41) is 23.6. The summed E-state index contributed by atoms with van der Waals surface area (Å²) in [7, 11) is 0. The van der Waals surface area contributed by atoms with Crippen molar-refractivity contribution in [1.82, 2.24) is 19.5 Å². The number of carbonyl (C=O) groups is 2. The van der Waals surface area contributed by atoms with Gasteiger partial charge in [0.1, 0.15) is 11.2 Å². The molecule has 10 heteroatoms. The summed E-state index contributed by atoms with van der Waals surface area (Å²) in [5.74, 6) is -1.36. The molecule has 0 aliphatic carbocycles. The largest absolute Gasteiger partial charge is 0.477 e. The molecule has 2 aromatic rings. The maximum atomic E-state index is 12.3. The molecule has 0 bridgehead atoms. The smallest absolute Gasteiger partial charge is 0.353 e. The number of aryl methyl sites for hydroxylation is 1. The minimum atomic E-state index is -1.09. The van der Waals surface area contributed by atoms with Crippen molar-refractivity contribution in [3.8, 4) is 0 Å². The van der Waals surface area contributed by atoms with Gasteiger partial charge >= 0.3 is 5.97 Å². The molecule has 26 heavy (non-hydrogen) atoms. The van der Waals surface area contributed by atoms with E-state index >= 15 is 0 Å². The summed E-state index contributed by atoms with van der Waals surface area (Å²) in [4.78, 5) is 31.4. The molecule has 2 aliphatic heterocycles. The summed E-state index contributed by atoms with van der Waals surface area (Å²) in [6.45, 7) is 3.50. The quantitative estimate of drug-likeness (QED) is 0.709. The Kier molecular flexibility index (Phi) is 4.28. The van der Waals surface area contributed by atoms with Crippen LogP contribution in [0.3, 0.4) is 0 Å². The Morgan fingerprint density at radius 1 is 1.50 bits per heavy atom. The Morgan fingerprint density at radius 3 is 2.92 bits per heavy atom. The van der Waals surface area contributed by atoms with Crippen LogP contribution in [0, 0.1) is 11.8 Å². The number of aliphatic carboxylic acids is 1. The van der Waals surface area contributed by atoms with E-state index in [0.717, 1.165) is 10.7 Å². The topological polar surface area (TPSA) is 108 Å². The normalized spacial score (nSPS) is 26.3. The number of carboxylic acid groups (broad SMARTS) is 1. The molecule has 1 saturated heterocycles. The van der Waals surface area contributed by atoms with Gasteiger partial charge in [-0.15, -0.1) is 11.8 Å². The molecule has 4 heterocycles. The zero-order chi connectivity index (χ0) is 18.6. The average Bonchev–Trinajstić information content (AvgIpc) is 3.19. The number of thioether (sulfide) groups is 1. The molecular weight excluding hydrogens is 376 g/mol. The monoisotopic (exact) mass is 394 g/mol. The van der Waals surface area contributed by atoms with Gasteiger partial charge in [-0.3, -0.25) is 4.79 Å². The van der Waals surface area contributed by atoms with Crippen LogP contribution in [0.15, 0.2) is 22.3 Å². The van der Waals surface area contributed by atoms with E-state index in [1.807, 2.05) is 13.1 Å². The van der Waals surface area contributed by atoms with Gasteiger partial charge in [-0.2, -0.15) is 5.10 Å². The van der Waals surface area contributed by atoms with Crippen molar-refractivity contribution in [1.29, 1.82) is 0 Å². The van der Waals surface area contributed by atoms with E-state index in [1.165, 1.54) is 28.0 Å². The predicted molar refractivity (Wildman–Crippen MR) is 96.7 cm³/mol. The van der Waals surface area contributed by atoms with Gasteiger partial charge in [0, 0.05) is 23.0 Å². The number of amides is 1. The van der Waals surface area contributed by atoms with Crippen molar-refractivity contribution < 1.29 is 19.8 Å². The molecule has 2 N–H and O–H groups in total. The van der Waals surface area contributed by atoms with Crippen LogP contribution in [-0.2, 0) is 16.0 Å². The lowest BCUT2D eigenvalue weighted by Gasteiger charge is -2.46. The van der Waals surface area contributed by atoms with E-state index in [-0.39, 0.29) is 23.6 Å². The van der Waals surface area contributed by atoms with Crippen LogP contribution in [0.2, 0.25) is 0 Å². The van der Waals surface area contributed by atoms with Crippen molar-refractivity contribution in [2.45, 2.75) is 32.4 Å². The number of aromatic nitrogens is 3. The summed E-state index contributed by atoms with van der Waals surface area (Å²) in [6, 6.07) is -0.266. The Balaban J connectivity index is 1.50. The number of hydrogen-bond donors (Lipinski definition) is 2. The van der Waals surface area contributed by atoms with Crippen LogP contribution >= 0.6 is 23.1 Å². The number of carbonyl (C=O) groups excluding carboxylic acids is 1. The van der Waals surface area contributed by atoms with E-state index < -0.39 is 18.0 Å². The maximum absolute atomic E-state index is 12.3. The average molecular weight is 394 g/mol. The van der Waals surface area contributed by atoms with Crippen molar-refractivity contribution in [2.24, 2.45) is 11.8 Å². The first-order valence-electron chi connectivity index (χ1n) is 8.29. The summed E-state index contributed by atoms with van der Waals surface area (Å²) < 4.78 is 1.72. The lowest BCUT2D eigenvalue weighted by molar-refractivity contribution is -0.163. The minimum absolute atomic E-state index is 0.0712. The van der Waals surface area contributed by atoms with Crippen molar-refractivity contribution in [2.75, 3.05) is 5.75 Å². The zero-order valence-corrected chi connectivity index (χ0v) is 15.8. The maximum Gasteiger partial charge on any atom is 0.353 e. The predicted octanol–water partition coefficient (Wildman–Crippen LogP) is 1.22. The van der Waals surface area contributed by atoms with Gasteiger partial charge in [-0.05, 0) is 6.92 Å². The molecule has 138 valence electrons. The highest BCUT2D eigenvalue weighted by molar-refractivity contribution is 8.03. The Morgan fingerprint density at radius 2 is 2.27 bits per heavy atom. The van der Waals surface area contributed by atoms with Gasteiger partial charge in [0.05, 0.1) is 30.0 Å². The van der Waals surface area contributed by atoms with E-state index in [4.69, 9.17) is 0 Å². The fourth-order valence-electron chi connectivity index (χ4n) is 3.79. The van der Waals surface area contributed by atoms with Crippen LogP contribution in [-0.4, -0.2) is 59.5 Å². The Bertz CT molecular complexity index is 890. The number of aliphatic hydroxyl groups excluding tert-OH is 1. The van der Waals surface area contributed by atoms with Gasteiger partial charge in [0.2, 0.25) is 10.9 Å². The number of rotatable bonds is 6. The highest BCUT2D eigenvalue weighted by Crippen LogP contribution is 2.50. The lowest BCUT2D eigenvalue weighted by atomic mass is 9.79. The van der Waals surface area contributed by atoms with Gasteiger partial charge in [-0.1, -0.05) is 18.3 Å². The molecule has 1 amide bonds. The van der Waals surface area contributed by atoms with Crippen LogP contribution in [0.25, 0.3) is 4.96 Å². The number of aliphatic hydroxyl groups is 1. The minimum Gasteiger partial charge on any atom is -0.477 e. The summed E-state index contributed by atoms with van der Waals surface area (Å²) in [6.07, 6.45) is 1.77. The molecule has 1 fully saturated rings. The van der Waals surface area contributed by atoms with Gasteiger partial charge in [0.25, 0.3) is 0 Å². The third kappa shape index (κ3) is 2.55. The standard InChI is InChI=1S/C16H18N4O4S2/c1-7-11-10(8(2)21)14(22)20(11)12(15(23)24)13(7)25-4-3-9-5-19-16(18-9)26-6-17-19/h5-8,10-11,21H,3-4H2,1-2H3,(H,23,24)/t7-,8-,10-,11-/m1/s1. The number of hydrogen-bond acceptors (Lipinski definition) is 7. The third-order valence-corrected chi connectivity index (χ3v) is 6.94. The number of β-lactam (4-membered cyclic amide) rings is 1. The molecule has 8 nitrogen and oxygen atoms in total. The zero-order valence-electron chi connectivity index (χ0n) is 14.2. The summed E-state index contributed by atoms with van der Waals surface area (Å²) >= 11 is 2.92. The third-order valence-electron chi connectivity index (χ3n) is 4.96. The number of carboxylic acids is 1. The number of fused-ring (bicyclic) bond motifs is 2. The molecule has 4 rings (SSSR count). The number of nitrogens with zero attached hydrogens (tertiary/aromatic N) is 4. The van der Waals surface area contributed by atoms with Gasteiger partial charge < -0.3 is 15.1 Å². The van der Waals surface area contributed by atoms with Crippen LogP contribution in [0.5, 0.6) is 0 Å². The molecule has 0 aromatic carbocycles. The fourth-order valence-corrected chi connectivity index (χ4v) is 5.66. The highest BCUT2D eigenvalue weighted by Gasteiger charge is 2.59. The van der Waals surface area contributed by atoms with Crippen LogP contribution in [0.4, 0.5) is 0 Å². The second-order valence-electron chi connectivity index (χ2n) is 6.57. The van der Waals surface area contributed by atoms with Crippen molar-refractivity contribution in [3.63, 3.8) is 0 Å². The van der Waals surface area contributed by atoms with Gasteiger partial charge in [-0.25, -0.2) is 14.3 Å². The number of imidazole rings is 1. The molecular formula is C16H18N4O4S2. The fraction of sp³-hybridized carbons (Fsp3) is 0.500. The molecule has 0 unspecified atom stereocenters.